The summed E-state index contributed by atoms with van der Waals surface area (Å²) in [5.74, 6) is -1.32. The Kier molecular flexibility index (Phi) is 13.5. The zero-order valence-corrected chi connectivity index (χ0v) is 35.2. The van der Waals surface area contributed by atoms with Gasteiger partial charge in [0.2, 0.25) is 13.1 Å². The highest BCUT2D eigenvalue weighted by Gasteiger charge is 2.56. The van der Waals surface area contributed by atoms with Crippen molar-refractivity contribution in [2.24, 2.45) is 0 Å². The Morgan fingerprint density at radius 1 is 0.708 bits per heavy atom. The first kappa shape index (κ1) is 46.4. The molecule has 8 rings (SSSR count). The van der Waals surface area contributed by atoms with Crippen LogP contribution < -0.4 is 23.7 Å². The van der Waals surface area contributed by atoms with Crippen molar-refractivity contribution in [3.8, 4) is 39.9 Å². The molecule has 3 saturated heterocycles. The lowest BCUT2D eigenvalue weighted by Crippen LogP contribution is -2.66. The minimum absolute atomic E-state index is 0.0207. The van der Waals surface area contributed by atoms with Crippen LogP contribution in [0.2, 0.25) is 0 Å². The van der Waals surface area contributed by atoms with E-state index in [2.05, 4.69) is 0 Å². The highest BCUT2D eigenvalue weighted by atomic mass is 16.8. The molecular weight excluding hydrogens is 872 g/mol. The van der Waals surface area contributed by atoms with Crippen LogP contribution in [0.5, 0.6) is 28.7 Å². The fraction of sp³-hybridized carbons (Fsp3) is 0.548. The molecule has 0 saturated carbocycles. The van der Waals surface area contributed by atoms with Gasteiger partial charge >= 0.3 is 17.9 Å². The maximum absolute atomic E-state index is 13.8. The lowest BCUT2D eigenvalue weighted by molar-refractivity contribution is -0.358. The Hall–Kier alpha value is -5.15. The van der Waals surface area contributed by atoms with Gasteiger partial charge < -0.3 is 97.3 Å². The molecule has 23 nitrogen and oxygen atoms in total. The molecule has 0 bridgehead atoms. The van der Waals surface area contributed by atoms with E-state index in [9.17, 15) is 50.1 Å². The molecule has 23 heteroatoms. The fourth-order valence-corrected chi connectivity index (χ4v) is 8.37. The zero-order chi connectivity index (χ0) is 46.4. The molecule has 5 heterocycles. The van der Waals surface area contributed by atoms with Crippen LogP contribution in [0.3, 0.4) is 0 Å². The van der Waals surface area contributed by atoms with Crippen molar-refractivity contribution in [1.29, 1.82) is 0 Å². The van der Waals surface area contributed by atoms with Gasteiger partial charge in [-0.2, -0.15) is 0 Å². The number of carbonyl (C=O) groups excluding carboxylic acids is 3. The summed E-state index contributed by atoms with van der Waals surface area (Å²) in [6, 6.07) is 8.27. The van der Waals surface area contributed by atoms with E-state index in [0.29, 0.717) is 28.0 Å². The van der Waals surface area contributed by atoms with Gasteiger partial charge in [-0.25, -0.2) is 4.79 Å². The van der Waals surface area contributed by atoms with E-state index in [-0.39, 0.29) is 47.2 Å². The molecule has 5 aliphatic heterocycles. The van der Waals surface area contributed by atoms with Crippen molar-refractivity contribution >= 4 is 28.7 Å². The van der Waals surface area contributed by atoms with Gasteiger partial charge in [0, 0.05) is 30.4 Å². The van der Waals surface area contributed by atoms with Crippen molar-refractivity contribution in [2.75, 3.05) is 40.8 Å². The molecule has 3 aromatic carbocycles. The van der Waals surface area contributed by atoms with Gasteiger partial charge in [0.15, 0.2) is 47.8 Å². The lowest BCUT2D eigenvalue weighted by Gasteiger charge is -2.48. The highest BCUT2D eigenvalue weighted by Crippen LogP contribution is 2.50. The quantitative estimate of drug-likeness (QED) is 0.0760. The SMILES string of the molecule is COc1cc2c(OC3OC(COC4OCC(O)C(O)C4O)C(OC(C)=O)C(OC4OC(CO)C(O)C(O)C4O)C3OC(C)=O)c3c(c(-c4ccc5c(c4)OCO5)c2cc1OC)C(=O)OC3. The molecular formula is C42H48O23. The molecule has 65 heavy (non-hydrogen) atoms. The van der Waals surface area contributed by atoms with Crippen LogP contribution in [-0.4, -0.2) is 181 Å². The average molecular weight is 921 g/mol. The predicted octanol–water partition coefficient (Wildman–Crippen LogP) is -1.47. The Labute approximate surface area is 368 Å². The van der Waals surface area contributed by atoms with Crippen LogP contribution in [0.15, 0.2) is 30.3 Å². The van der Waals surface area contributed by atoms with Crippen molar-refractivity contribution in [2.45, 2.75) is 106 Å². The number of fused-ring (bicyclic) bond motifs is 3. The summed E-state index contributed by atoms with van der Waals surface area (Å²) in [6.45, 7) is -0.244. The van der Waals surface area contributed by atoms with Crippen molar-refractivity contribution < 1.29 is 112 Å². The molecule has 354 valence electrons. The third-order valence-corrected chi connectivity index (χ3v) is 11.5. The molecule has 14 unspecified atom stereocenters. The van der Waals surface area contributed by atoms with Crippen LogP contribution in [0.25, 0.3) is 21.9 Å². The van der Waals surface area contributed by atoms with Crippen LogP contribution in [-0.2, 0) is 54.1 Å². The third-order valence-electron chi connectivity index (χ3n) is 11.5. The number of hydrogen-bond acceptors (Lipinski definition) is 23. The molecule has 7 N–H and O–H groups in total. The van der Waals surface area contributed by atoms with E-state index < -0.39 is 124 Å². The zero-order valence-electron chi connectivity index (χ0n) is 35.2. The maximum Gasteiger partial charge on any atom is 0.339 e. The van der Waals surface area contributed by atoms with Crippen LogP contribution in [0.4, 0.5) is 0 Å². The van der Waals surface area contributed by atoms with Gasteiger partial charge in [0.25, 0.3) is 0 Å². The molecule has 0 spiro atoms. The van der Waals surface area contributed by atoms with Gasteiger partial charge in [0.05, 0.1) is 39.6 Å². The standard InChI is InChI=1S/C42H48O23/c1-15(44)60-36-27(13-57-40-33(50)30(47)21(46)12-56-40)63-42(38(61-16(2)45)37(36)65-41-34(51)32(49)31(48)26(10-43)62-41)64-35-19-9-24(54-4)23(53-3)8-18(19)28(29-20(35)11-55-39(29)52)17-5-6-22-25(7-17)59-14-58-22/h5-9,21,26-27,30-34,36-38,40-43,46-51H,10-14H2,1-4H3. The summed E-state index contributed by atoms with van der Waals surface area (Å²) >= 11 is 0. The normalized spacial score (nSPS) is 32.9. The van der Waals surface area contributed by atoms with Crippen LogP contribution >= 0.6 is 0 Å². The number of methoxy groups -OCH3 is 2. The van der Waals surface area contributed by atoms with Crippen molar-refractivity contribution in [3.63, 3.8) is 0 Å². The molecule has 0 amide bonds. The number of carbonyl (C=O) groups is 3. The topological polar surface area (TPSA) is 313 Å². The van der Waals surface area contributed by atoms with E-state index in [0.717, 1.165) is 13.8 Å². The van der Waals surface area contributed by atoms with Crippen LogP contribution in [0, 0.1) is 0 Å². The van der Waals surface area contributed by atoms with E-state index >= 15 is 0 Å². The second-order valence-electron chi connectivity index (χ2n) is 15.6. The number of cyclic esters (lactones) is 1. The molecule has 0 radical (unpaired) electrons. The lowest BCUT2D eigenvalue weighted by atomic mass is 9.89. The average Bonchev–Trinajstić information content (AvgIpc) is 3.92. The number of aliphatic hydroxyl groups excluding tert-OH is 7. The minimum atomic E-state index is -2.01. The summed E-state index contributed by atoms with van der Waals surface area (Å²) in [6.07, 6.45) is -24.3. The van der Waals surface area contributed by atoms with Crippen LogP contribution in [0.1, 0.15) is 29.8 Å². The summed E-state index contributed by atoms with van der Waals surface area (Å²) in [4.78, 5) is 39.7. The fourth-order valence-electron chi connectivity index (χ4n) is 8.37. The summed E-state index contributed by atoms with van der Waals surface area (Å²) in [5.41, 5.74) is 1.15. The predicted molar refractivity (Wildman–Crippen MR) is 210 cm³/mol. The van der Waals surface area contributed by atoms with E-state index in [1.807, 2.05) is 0 Å². The van der Waals surface area contributed by atoms with E-state index in [1.165, 1.54) is 14.2 Å². The first-order valence-corrected chi connectivity index (χ1v) is 20.4. The number of esters is 3. The Morgan fingerprint density at radius 3 is 2.06 bits per heavy atom. The molecule has 3 fully saturated rings. The Balaban J connectivity index is 1.28. The Bertz CT molecular complexity index is 2270. The number of rotatable bonds is 13. The molecule has 0 aromatic heterocycles. The highest BCUT2D eigenvalue weighted by molar-refractivity contribution is 6.14. The number of ether oxygens (including phenoxy) is 13. The van der Waals surface area contributed by atoms with E-state index in [4.69, 9.17) is 61.6 Å². The van der Waals surface area contributed by atoms with Gasteiger partial charge in [-0.1, -0.05) is 6.07 Å². The first-order chi connectivity index (χ1) is 31.1. The number of benzene rings is 3. The Morgan fingerprint density at radius 2 is 1.37 bits per heavy atom. The largest absolute Gasteiger partial charge is 0.493 e. The van der Waals surface area contributed by atoms with Gasteiger partial charge in [-0.3, -0.25) is 9.59 Å². The monoisotopic (exact) mass is 920 g/mol. The third kappa shape index (κ3) is 8.82. The minimum Gasteiger partial charge on any atom is -0.493 e. The second-order valence-corrected chi connectivity index (χ2v) is 15.6. The van der Waals surface area contributed by atoms with Crippen molar-refractivity contribution in [3.05, 3.63) is 41.5 Å². The first-order valence-electron chi connectivity index (χ1n) is 20.4. The van der Waals surface area contributed by atoms with Gasteiger partial charge in [-0.15, -0.1) is 0 Å². The number of aliphatic hydroxyl groups is 7. The molecule has 0 aliphatic carbocycles. The van der Waals surface area contributed by atoms with E-state index in [1.54, 1.807) is 30.3 Å². The summed E-state index contributed by atoms with van der Waals surface area (Å²) in [5, 5.41) is 74.0. The summed E-state index contributed by atoms with van der Waals surface area (Å²) in [7, 11) is 2.82. The smallest absolute Gasteiger partial charge is 0.339 e. The molecule has 3 aromatic rings. The maximum atomic E-state index is 13.8. The summed E-state index contributed by atoms with van der Waals surface area (Å²) < 4.78 is 75.9. The number of hydrogen-bond donors (Lipinski definition) is 7. The second kappa shape index (κ2) is 19.0. The van der Waals surface area contributed by atoms with Gasteiger partial charge in [-0.05, 0) is 35.2 Å². The van der Waals surface area contributed by atoms with Gasteiger partial charge in [0.1, 0.15) is 67.3 Å². The molecule has 5 aliphatic rings. The molecule has 14 atom stereocenters. The van der Waals surface area contributed by atoms with Crippen molar-refractivity contribution in [1.82, 2.24) is 0 Å².